The van der Waals surface area contributed by atoms with Gasteiger partial charge in [-0.3, -0.25) is 14.4 Å². The Kier molecular flexibility index (Phi) is 7.95. The van der Waals surface area contributed by atoms with Crippen LogP contribution in [0.4, 0.5) is 5.69 Å². The van der Waals surface area contributed by atoms with Crippen LogP contribution in [0.2, 0.25) is 20.1 Å². The van der Waals surface area contributed by atoms with Crippen molar-refractivity contribution >= 4 is 69.9 Å². The zero-order valence-corrected chi connectivity index (χ0v) is 17.4. The van der Waals surface area contributed by atoms with Crippen LogP contribution in [0.25, 0.3) is 0 Å². The molecule has 6 nitrogen and oxygen atoms in total. The highest BCUT2D eigenvalue weighted by Crippen LogP contribution is 2.25. The predicted octanol–water partition coefficient (Wildman–Crippen LogP) is 4.60. The van der Waals surface area contributed by atoms with Crippen molar-refractivity contribution in [3.05, 3.63) is 62.1 Å². The maximum absolute atomic E-state index is 12.1. The number of amides is 2. The molecule has 0 radical (unpaired) electrons. The molecule has 10 heteroatoms. The average molecular weight is 464 g/mol. The first kappa shape index (κ1) is 22.3. The molecule has 2 amide bonds. The van der Waals surface area contributed by atoms with Gasteiger partial charge in [-0.1, -0.05) is 46.4 Å². The van der Waals surface area contributed by atoms with Crippen molar-refractivity contribution in [1.82, 2.24) is 5.32 Å². The number of ether oxygens (including phenoxy) is 1. The molecule has 0 aromatic heterocycles. The van der Waals surface area contributed by atoms with Crippen molar-refractivity contribution in [2.24, 2.45) is 0 Å². The first-order valence-corrected chi connectivity index (χ1v) is 9.37. The van der Waals surface area contributed by atoms with E-state index in [9.17, 15) is 14.4 Å². The molecule has 2 aromatic carbocycles. The molecule has 0 aliphatic rings. The van der Waals surface area contributed by atoms with Crippen LogP contribution in [0.5, 0.6) is 0 Å². The summed E-state index contributed by atoms with van der Waals surface area (Å²) in [5.74, 6) is -1.92. The fourth-order valence-corrected chi connectivity index (χ4v) is 2.76. The van der Waals surface area contributed by atoms with Gasteiger partial charge in [0.15, 0.2) is 6.10 Å². The third kappa shape index (κ3) is 6.27. The summed E-state index contributed by atoms with van der Waals surface area (Å²) in [7, 11) is 0. The smallest absolute Gasteiger partial charge is 0.326 e. The molecule has 0 aliphatic carbocycles. The van der Waals surface area contributed by atoms with Crippen LogP contribution in [0.1, 0.15) is 17.3 Å². The van der Waals surface area contributed by atoms with Crippen LogP contribution >= 0.6 is 46.4 Å². The molecule has 0 fully saturated rings. The number of anilines is 1. The number of nitrogens with one attached hydrogen (secondary N) is 2. The van der Waals surface area contributed by atoms with Gasteiger partial charge in [0.1, 0.15) is 6.54 Å². The van der Waals surface area contributed by atoms with E-state index >= 15 is 0 Å². The standard InChI is InChI=1S/C18H14Cl4N2O4/c1-9(17(26)24-15-5-3-11(19)7-14(15)22)28-16(25)8-23-18(27)10-2-4-12(20)13(21)6-10/h2-7,9H,8H2,1H3,(H,23,27)(H,24,26). The molecule has 0 heterocycles. The summed E-state index contributed by atoms with van der Waals surface area (Å²) in [5.41, 5.74) is 0.553. The zero-order valence-electron chi connectivity index (χ0n) is 14.4. The van der Waals surface area contributed by atoms with Crippen LogP contribution in [-0.4, -0.2) is 30.4 Å². The highest BCUT2D eigenvalue weighted by molar-refractivity contribution is 6.42. The van der Waals surface area contributed by atoms with E-state index in [1.807, 2.05) is 0 Å². The number of esters is 1. The third-order valence-electron chi connectivity index (χ3n) is 3.44. The van der Waals surface area contributed by atoms with Crippen molar-refractivity contribution < 1.29 is 19.1 Å². The Morgan fingerprint density at radius 1 is 0.964 bits per heavy atom. The first-order valence-electron chi connectivity index (χ1n) is 7.86. The molecule has 2 rings (SSSR count). The zero-order chi connectivity index (χ0) is 20.8. The molecule has 148 valence electrons. The van der Waals surface area contributed by atoms with Crippen molar-refractivity contribution in [2.45, 2.75) is 13.0 Å². The molecule has 0 spiro atoms. The monoisotopic (exact) mass is 462 g/mol. The summed E-state index contributed by atoms with van der Waals surface area (Å²) in [6, 6.07) is 8.84. The van der Waals surface area contributed by atoms with Crippen LogP contribution in [0.3, 0.4) is 0 Å². The van der Waals surface area contributed by atoms with E-state index in [1.165, 1.54) is 37.3 Å². The van der Waals surface area contributed by atoms with Crippen LogP contribution in [0.15, 0.2) is 36.4 Å². The van der Waals surface area contributed by atoms with E-state index in [2.05, 4.69) is 10.6 Å². The van der Waals surface area contributed by atoms with Gasteiger partial charge in [0, 0.05) is 10.6 Å². The minimum atomic E-state index is -1.11. The van der Waals surface area contributed by atoms with E-state index in [0.29, 0.717) is 15.7 Å². The fraction of sp³-hybridized carbons (Fsp3) is 0.167. The number of hydrogen-bond donors (Lipinski definition) is 2. The normalized spacial score (nSPS) is 11.5. The van der Waals surface area contributed by atoms with Gasteiger partial charge in [-0.2, -0.15) is 0 Å². The highest BCUT2D eigenvalue weighted by Gasteiger charge is 2.19. The fourth-order valence-electron chi connectivity index (χ4n) is 2.01. The number of carbonyl (C=O) groups is 3. The van der Waals surface area contributed by atoms with Crippen molar-refractivity contribution in [2.75, 3.05) is 11.9 Å². The van der Waals surface area contributed by atoms with Crippen molar-refractivity contribution in [3.63, 3.8) is 0 Å². The number of carbonyl (C=O) groups excluding carboxylic acids is 3. The third-order valence-corrected chi connectivity index (χ3v) is 4.73. The Morgan fingerprint density at radius 3 is 2.32 bits per heavy atom. The maximum Gasteiger partial charge on any atom is 0.326 e. The van der Waals surface area contributed by atoms with E-state index in [0.717, 1.165) is 0 Å². The van der Waals surface area contributed by atoms with E-state index in [1.54, 1.807) is 6.07 Å². The van der Waals surface area contributed by atoms with Crippen LogP contribution in [-0.2, 0) is 14.3 Å². The second-order valence-corrected chi connectivity index (χ2v) is 7.22. The lowest BCUT2D eigenvalue weighted by Gasteiger charge is -2.14. The molecule has 0 saturated carbocycles. The van der Waals surface area contributed by atoms with Gasteiger partial charge in [-0.25, -0.2) is 0 Å². The van der Waals surface area contributed by atoms with Gasteiger partial charge >= 0.3 is 5.97 Å². The van der Waals surface area contributed by atoms with E-state index in [-0.39, 0.29) is 15.6 Å². The maximum atomic E-state index is 12.1. The average Bonchev–Trinajstić information content (AvgIpc) is 2.64. The lowest BCUT2D eigenvalue weighted by atomic mass is 10.2. The largest absolute Gasteiger partial charge is 0.451 e. The first-order chi connectivity index (χ1) is 13.2. The predicted molar refractivity (Wildman–Crippen MR) is 109 cm³/mol. The summed E-state index contributed by atoms with van der Waals surface area (Å²) < 4.78 is 5.00. The molecule has 0 saturated heterocycles. The summed E-state index contributed by atoms with van der Waals surface area (Å²) in [4.78, 5) is 36.0. The number of halogens is 4. The highest BCUT2D eigenvalue weighted by atomic mass is 35.5. The second kappa shape index (κ2) is 9.98. The lowest BCUT2D eigenvalue weighted by molar-refractivity contribution is -0.152. The van der Waals surface area contributed by atoms with E-state index < -0.39 is 30.4 Å². The van der Waals surface area contributed by atoms with Gasteiger partial charge in [-0.05, 0) is 43.3 Å². The second-order valence-electron chi connectivity index (χ2n) is 5.56. The quantitative estimate of drug-likeness (QED) is 0.613. The Hall–Kier alpha value is -1.99. The molecule has 2 N–H and O–H groups in total. The molecule has 28 heavy (non-hydrogen) atoms. The number of rotatable bonds is 6. The Morgan fingerprint density at radius 2 is 1.68 bits per heavy atom. The topological polar surface area (TPSA) is 84.5 Å². The molecular formula is C18H14Cl4N2O4. The molecule has 1 atom stereocenters. The summed E-state index contributed by atoms with van der Waals surface area (Å²) in [5, 5.41) is 6.07. The number of hydrogen-bond acceptors (Lipinski definition) is 4. The summed E-state index contributed by atoms with van der Waals surface area (Å²) >= 11 is 23.4. The van der Waals surface area contributed by atoms with Crippen LogP contribution < -0.4 is 10.6 Å². The molecule has 2 aromatic rings. The van der Waals surface area contributed by atoms with Gasteiger partial charge in [-0.15, -0.1) is 0 Å². The van der Waals surface area contributed by atoms with E-state index in [4.69, 9.17) is 51.1 Å². The molecule has 0 bridgehead atoms. The van der Waals surface area contributed by atoms with Gasteiger partial charge in [0.05, 0.1) is 20.8 Å². The van der Waals surface area contributed by atoms with Gasteiger partial charge in [0.2, 0.25) is 0 Å². The Balaban J connectivity index is 1.85. The van der Waals surface area contributed by atoms with Gasteiger partial charge in [0.25, 0.3) is 11.8 Å². The summed E-state index contributed by atoms with van der Waals surface area (Å²) in [6.45, 7) is 0.955. The van der Waals surface area contributed by atoms with Crippen molar-refractivity contribution in [1.29, 1.82) is 0 Å². The van der Waals surface area contributed by atoms with Crippen molar-refractivity contribution in [3.8, 4) is 0 Å². The minimum Gasteiger partial charge on any atom is -0.451 e. The molecular weight excluding hydrogens is 450 g/mol. The minimum absolute atomic E-state index is 0.211. The van der Waals surface area contributed by atoms with Gasteiger partial charge < -0.3 is 15.4 Å². The SMILES string of the molecule is CC(OC(=O)CNC(=O)c1ccc(Cl)c(Cl)c1)C(=O)Nc1ccc(Cl)cc1Cl. The Labute approximate surface area is 181 Å². The lowest BCUT2D eigenvalue weighted by Crippen LogP contribution is -2.35. The van der Waals surface area contributed by atoms with Crippen LogP contribution in [0, 0.1) is 0 Å². The molecule has 1 unspecified atom stereocenters. The Bertz CT molecular complexity index is 920. The molecule has 0 aliphatic heterocycles. The summed E-state index contributed by atoms with van der Waals surface area (Å²) in [6.07, 6.45) is -1.11. The number of benzene rings is 2.